The Bertz CT molecular complexity index is 1370. The van der Waals surface area contributed by atoms with Crippen LogP contribution in [0.4, 0.5) is 15.3 Å². The van der Waals surface area contributed by atoms with Crippen molar-refractivity contribution >= 4 is 55.6 Å². The van der Waals surface area contributed by atoms with Gasteiger partial charge in [-0.05, 0) is 93.3 Å². The van der Waals surface area contributed by atoms with E-state index >= 15 is 0 Å². The van der Waals surface area contributed by atoms with Gasteiger partial charge in [0.2, 0.25) is 0 Å². The summed E-state index contributed by atoms with van der Waals surface area (Å²) in [4.78, 5) is 48.5. The molecule has 6 rings (SSSR count). The van der Waals surface area contributed by atoms with Crippen LogP contribution in [-0.4, -0.2) is 115 Å². The maximum atomic E-state index is 13.9. The molecule has 4 heterocycles. The molecule has 12 heteroatoms. The van der Waals surface area contributed by atoms with Crippen molar-refractivity contribution in [3.05, 3.63) is 62.5 Å². The molecule has 2 N–H and O–H groups in total. The van der Waals surface area contributed by atoms with Gasteiger partial charge in [-0.3, -0.25) is 9.69 Å². The fourth-order valence-electron chi connectivity index (χ4n) is 7.06. The Morgan fingerprint density at radius 3 is 2.27 bits per heavy atom. The van der Waals surface area contributed by atoms with Crippen LogP contribution in [-0.2, 0) is 22.4 Å². The highest BCUT2D eigenvalue weighted by atomic mass is 79.9. The topological polar surface area (TPSA) is 97.5 Å². The molecule has 242 valence electrons. The zero-order valence-corrected chi connectivity index (χ0v) is 28.7. The number of ether oxygens (including phenoxy) is 1. The first-order valence-corrected chi connectivity index (χ1v) is 17.7. The minimum atomic E-state index is -0.908. The van der Waals surface area contributed by atoms with Gasteiger partial charge in [0.1, 0.15) is 0 Å². The Morgan fingerprint density at radius 2 is 1.53 bits per heavy atom. The van der Waals surface area contributed by atoms with Gasteiger partial charge in [-0.15, -0.1) is 0 Å². The summed E-state index contributed by atoms with van der Waals surface area (Å²) in [6.45, 7) is 7.03. The first-order chi connectivity index (χ1) is 21.9. The third-order valence-corrected chi connectivity index (χ3v) is 11.6. The van der Waals surface area contributed by atoms with E-state index in [1.165, 1.54) is 0 Å². The van der Waals surface area contributed by atoms with E-state index in [9.17, 15) is 14.4 Å². The monoisotopic (exact) mass is 744 g/mol. The number of nitrogens with one attached hydrogen (secondary N) is 2. The van der Waals surface area contributed by atoms with Crippen LogP contribution in [0.3, 0.4) is 0 Å². The number of piperidine rings is 2. The fourth-order valence-corrected chi connectivity index (χ4v) is 7.73. The van der Waals surface area contributed by atoms with Gasteiger partial charge in [0.05, 0.1) is 0 Å². The molecule has 4 aliphatic rings. The zero-order valence-electron chi connectivity index (χ0n) is 25.6. The summed E-state index contributed by atoms with van der Waals surface area (Å²) in [5, 5.41) is 6.47. The molecular formula is C33H42Br2N6O4. The number of urea groups is 1. The Labute approximate surface area is 282 Å². The molecule has 3 fully saturated rings. The molecule has 2 aromatic rings. The van der Waals surface area contributed by atoms with Crippen LogP contribution < -0.4 is 10.6 Å². The summed E-state index contributed by atoms with van der Waals surface area (Å²) >= 11 is 7.08. The van der Waals surface area contributed by atoms with Crippen LogP contribution in [0.1, 0.15) is 36.8 Å². The van der Waals surface area contributed by atoms with Crippen LogP contribution >= 0.6 is 31.9 Å². The molecule has 1 unspecified atom stereocenters. The number of hydrogen-bond acceptors (Lipinski definition) is 6. The minimum absolute atomic E-state index is 0.0397. The summed E-state index contributed by atoms with van der Waals surface area (Å²) in [5.41, 5.74) is 2.92. The van der Waals surface area contributed by atoms with Crippen LogP contribution in [0.25, 0.3) is 0 Å². The van der Waals surface area contributed by atoms with Gasteiger partial charge < -0.3 is 30.1 Å². The molecule has 1 atom stereocenters. The minimum Gasteiger partial charge on any atom is -0.436 e. The van der Waals surface area contributed by atoms with Crippen LogP contribution in [0.15, 0.2) is 51.4 Å². The highest BCUT2D eigenvalue weighted by Crippen LogP contribution is 2.27. The number of halogens is 2. The lowest BCUT2D eigenvalue weighted by Gasteiger charge is -2.41. The molecular weight excluding hydrogens is 704 g/mol. The summed E-state index contributed by atoms with van der Waals surface area (Å²) < 4.78 is 7.85. The molecule has 0 radical (unpaired) electrons. The second kappa shape index (κ2) is 14.8. The van der Waals surface area contributed by atoms with Gasteiger partial charge in [-0.1, -0.05) is 24.3 Å². The van der Waals surface area contributed by atoms with Gasteiger partial charge in [0.15, 0.2) is 6.10 Å². The summed E-state index contributed by atoms with van der Waals surface area (Å²) in [5.74, 6) is -0.128. The van der Waals surface area contributed by atoms with Gasteiger partial charge in [-0.2, -0.15) is 0 Å². The van der Waals surface area contributed by atoms with Crippen molar-refractivity contribution < 1.29 is 19.1 Å². The normalized spacial score (nSPS) is 21.1. The van der Waals surface area contributed by atoms with Crippen molar-refractivity contribution in [2.75, 3.05) is 64.2 Å². The van der Waals surface area contributed by atoms with E-state index in [1.807, 2.05) is 46.2 Å². The molecule has 45 heavy (non-hydrogen) atoms. The average molecular weight is 747 g/mol. The number of benzene rings is 2. The quantitative estimate of drug-likeness (QED) is 0.445. The number of piperazine rings is 1. The first-order valence-electron chi connectivity index (χ1n) is 16.1. The number of anilines is 1. The van der Waals surface area contributed by atoms with Crippen molar-refractivity contribution in [2.24, 2.45) is 0 Å². The fraction of sp³-hybridized carbons (Fsp3) is 0.545. The number of hydrogen-bond donors (Lipinski definition) is 2. The van der Waals surface area contributed by atoms with Gasteiger partial charge in [-0.25, -0.2) is 9.59 Å². The van der Waals surface area contributed by atoms with Crippen molar-refractivity contribution in [1.82, 2.24) is 24.9 Å². The Balaban J connectivity index is 1.07. The van der Waals surface area contributed by atoms with Crippen LogP contribution in [0.5, 0.6) is 0 Å². The van der Waals surface area contributed by atoms with E-state index in [0.717, 1.165) is 71.2 Å². The van der Waals surface area contributed by atoms with E-state index in [4.69, 9.17) is 4.74 Å². The maximum Gasteiger partial charge on any atom is 0.410 e. The van der Waals surface area contributed by atoms with Crippen LogP contribution in [0, 0.1) is 0 Å². The number of likely N-dealkylation sites (tertiary alicyclic amines) is 2. The summed E-state index contributed by atoms with van der Waals surface area (Å²) in [6.07, 6.45) is 2.91. The molecule has 0 aliphatic carbocycles. The number of nitrogens with zero attached hydrogens (tertiary/aromatic N) is 4. The Hall–Kier alpha value is -2.67. The summed E-state index contributed by atoms with van der Waals surface area (Å²) in [7, 11) is 0. The van der Waals surface area contributed by atoms with E-state index in [1.54, 1.807) is 4.90 Å². The molecule has 4 amide bonds. The highest BCUT2D eigenvalue weighted by Gasteiger charge is 2.36. The van der Waals surface area contributed by atoms with E-state index in [-0.39, 0.29) is 18.0 Å². The Morgan fingerprint density at radius 1 is 0.844 bits per heavy atom. The number of rotatable bonds is 6. The van der Waals surface area contributed by atoms with Crippen molar-refractivity contribution in [2.45, 2.75) is 56.7 Å². The highest BCUT2D eigenvalue weighted by molar-refractivity contribution is 9.13. The standard InChI is InChI=1S/C33H42Br2N6O4/c34-27-6-5-23(21-28(27)35)22-30(31(42)39-14-8-25(9-15-39)38-19-12-36-13-20-38)45-33(44)40-16-10-26(11-17-40)41-18-7-24-3-1-2-4-29(24)37-32(41)43/h1-6,21,25-26,30,36H,7-20,22H2,(H,37,43). The summed E-state index contributed by atoms with van der Waals surface area (Å²) in [6, 6.07) is 14.2. The molecule has 0 bridgehead atoms. The smallest absolute Gasteiger partial charge is 0.410 e. The second-order valence-corrected chi connectivity index (χ2v) is 14.1. The van der Waals surface area contributed by atoms with Gasteiger partial charge in [0, 0.05) is 92.0 Å². The maximum absolute atomic E-state index is 13.9. The third-order valence-electron chi connectivity index (χ3n) is 9.67. The Kier molecular flexibility index (Phi) is 10.6. The molecule has 0 spiro atoms. The number of amides is 4. The second-order valence-electron chi connectivity index (χ2n) is 12.4. The van der Waals surface area contributed by atoms with Gasteiger partial charge >= 0.3 is 12.1 Å². The molecule has 2 aromatic carbocycles. The van der Waals surface area contributed by atoms with Gasteiger partial charge in [0.25, 0.3) is 5.91 Å². The number of para-hydroxylation sites is 1. The van der Waals surface area contributed by atoms with E-state index in [2.05, 4.69) is 53.5 Å². The predicted octanol–water partition coefficient (Wildman–Crippen LogP) is 4.71. The molecule has 0 aromatic heterocycles. The first kappa shape index (κ1) is 32.3. The lowest BCUT2D eigenvalue weighted by Crippen LogP contribution is -2.54. The van der Waals surface area contributed by atoms with Crippen LogP contribution in [0.2, 0.25) is 0 Å². The van der Waals surface area contributed by atoms with Crippen molar-refractivity contribution in [1.29, 1.82) is 0 Å². The average Bonchev–Trinajstić information content (AvgIpc) is 3.24. The third kappa shape index (κ3) is 7.84. The van der Waals surface area contributed by atoms with Crippen molar-refractivity contribution in [3.63, 3.8) is 0 Å². The van der Waals surface area contributed by atoms with E-state index in [0.29, 0.717) is 58.0 Å². The lowest BCUT2D eigenvalue weighted by molar-refractivity contribution is -0.142. The zero-order chi connectivity index (χ0) is 31.3. The molecule has 4 aliphatic heterocycles. The number of fused-ring (bicyclic) bond motifs is 1. The van der Waals surface area contributed by atoms with Crippen molar-refractivity contribution in [3.8, 4) is 0 Å². The number of carbonyl (C=O) groups is 3. The SMILES string of the molecule is O=C(OC(Cc1ccc(Br)c(Br)c1)C(=O)N1CCC(N2CCNCC2)CC1)N1CCC(N2CCc3ccccc3NC2=O)CC1. The largest absolute Gasteiger partial charge is 0.436 e. The predicted molar refractivity (Wildman–Crippen MR) is 180 cm³/mol. The lowest BCUT2D eigenvalue weighted by atomic mass is 10.0. The molecule has 0 saturated carbocycles. The van der Waals surface area contributed by atoms with E-state index < -0.39 is 12.2 Å². The molecule has 10 nitrogen and oxygen atoms in total. The molecule has 3 saturated heterocycles. The number of carbonyl (C=O) groups excluding carboxylic acids is 3.